The Morgan fingerprint density at radius 1 is 1.24 bits per heavy atom. The third kappa shape index (κ3) is 2.69. The van der Waals surface area contributed by atoms with Crippen molar-refractivity contribution in [1.82, 2.24) is 15.0 Å². The van der Waals surface area contributed by atoms with Crippen molar-refractivity contribution >= 4 is 5.91 Å². The Morgan fingerprint density at radius 3 is 2.90 bits per heavy atom. The molecule has 0 N–H and O–H groups in total. The minimum atomic E-state index is -0.00449. The fourth-order valence-corrected chi connectivity index (χ4v) is 3.33. The van der Waals surface area contributed by atoms with Crippen LogP contribution in [-0.4, -0.2) is 40.2 Å². The molecule has 1 aliphatic carbocycles. The highest BCUT2D eigenvalue weighted by Gasteiger charge is 2.36. The average molecular weight is 291 g/mol. The van der Waals surface area contributed by atoms with Crippen molar-refractivity contribution in [3.8, 4) is 0 Å². The van der Waals surface area contributed by atoms with Gasteiger partial charge in [-0.25, -0.2) is 0 Å². The number of hydrogen-bond donors (Lipinski definition) is 0. The number of aromatic nitrogens is 2. The number of likely N-dealkylation sites (tertiary alicyclic amines) is 1. The highest BCUT2D eigenvalue weighted by molar-refractivity contribution is 5.77. The Bertz CT molecular complexity index is 520. The van der Waals surface area contributed by atoms with Crippen LogP contribution in [0.1, 0.15) is 68.6 Å². The SMILES string of the molecule is O=C(C[C@H]1CCCO1)N1CCC[C@@H]1c1noc(C2CC2)n1. The van der Waals surface area contributed by atoms with Crippen LogP contribution in [0.2, 0.25) is 0 Å². The van der Waals surface area contributed by atoms with Crippen molar-refractivity contribution in [2.45, 2.75) is 63.0 Å². The zero-order chi connectivity index (χ0) is 14.2. The van der Waals surface area contributed by atoms with Gasteiger partial charge in [0.2, 0.25) is 11.8 Å². The van der Waals surface area contributed by atoms with Crippen LogP contribution in [0.25, 0.3) is 0 Å². The van der Waals surface area contributed by atoms with E-state index in [1.807, 2.05) is 4.90 Å². The number of carbonyl (C=O) groups is 1. The maximum absolute atomic E-state index is 12.5. The third-order valence-electron chi connectivity index (χ3n) is 4.68. The molecule has 1 amide bonds. The molecule has 1 aromatic heterocycles. The lowest BCUT2D eigenvalue weighted by Gasteiger charge is -2.23. The van der Waals surface area contributed by atoms with Gasteiger partial charge in [-0.3, -0.25) is 4.79 Å². The van der Waals surface area contributed by atoms with Gasteiger partial charge in [-0.2, -0.15) is 4.98 Å². The molecule has 1 saturated carbocycles. The lowest BCUT2D eigenvalue weighted by molar-refractivity contribution is -0.134. The van der Waals surface area contributed by atoms with Crippen LogP contribution in [0.15, 0.2) is 4.52 Å². The average Bonchev–Trinajstić information content (AvgIpc) is 2.94. The van der Waals surface area contributed by atoms with Crippen LogP contribution in [0.3, 0.4) is 0 Å². The first-order valence-electron chi connectivity index (χ1n) is 8.06. The fourth-order valence-electron chi connectivity index (χ4n) is 3.33. The van der Waals surface area contributed by atoms with Crippen LogP contribution in [0.4, 0.5) is 0 Å². The molecule has 1 aromatic rings. The number of hydrogen-bond acceptors (Lipinski definition) is 5. The van der Waals surface area contributed by atoms with E-state index in [1.165, 1.54) is 0 Å². The number of nitrogens with zero attached hydrogens (tertiary/aromatic N) is 3. The highest BCUT2D eigenvalue weighted by atomic mass is 16.5. The van der Waals surface area contributed by atoms with E-state index in [1.54, 1.807) is 0 Å². The maximum Gasteiger partial charge on any atom is 0.229 e. The smallest absolute Gasteiger partial charge is 0.229 e. The molecule has 6 heteroatoms. The quantitative estimate of drug-likeness (QED) is 0.850. The summed E-state index contributed by atoms with van der Waals surface area (Å²) in [6.07, 6.45) is 6.89. The van der Waals surface area contributed by atoms with Gasteiger partial charge < -0.3 is 14.2 Å². The zero-order valence-corrected chi connectivity index (χ0v) is 12.2. The van der Waals surface area contributed by atoms with Gasteiger partial charge in [0.1, 0.15) is 0 Å². The second-order valence-corrected chi connectivity index (χ2v) is 6.35. The largest absolute Gasteiger partial charge is 0.378 e. The van der Waals surface area contributed by atoms with Crippen molar-refractivity contribution < 1.29 is 14.1 Å². The predicted molar refractivity (Wildman–Crippen MR) is 73.6 cm³/mol. The van der Waals surface area contributed by atoms with Gasteiger partial charge in [0.05, 0.1) is 18.6 Å². The van der Waals surface area contributed by atoms with Crippen molar-refractivity contribution in [2.75, 3.05) is 13.2 Å². The van der Waals surface area contributed by atoms with E-state index >= 15 is 0 Å². The van der Waals surface area contributed by atoms with Crippen molar-refractivity contribution in [3.05, 3.63) is 11.7 Å². The Kier molecular flexibility index (Phi) is 3.41. The topological polar surface area (TPSA) is 68.5 Å². The summed E-state index contributed by atoms with van der Waals surface area (Å²) in [6.45, 7) is 1.58. The van der Waals surface area contributed by atoms with E-state index in [4.69, 9.17) is 9.26 Å². The predicted octanol–water partition coefficient (Wildman–Crippen LogP) is 2.18. The number of ether oxygens (including phenoxy) is 1. The van der Waals surface area contributed by atoms with Crippen molar-refractivity contribution in [2.24, 2.45) is 0 Å². The second-order valence-electron chi connectivity index (χ2n) is 6.35. The zero-order valence-electron chi connectivity index (χ0n) is 12.2. The fraction of sp³-hybridized carbons (Fsp3) is 0.800. The van der Waals surface area contributed by atoms with E-state index in [-0.39, 0.29) is 18.1 Å². The van der Waals surface area contributed by atoms with Crippen LogP contribution in [-0.2, 0) is 9.53 Å². The molecule has 3 aliphatic rings. The molecule has 0 bridgehead atoms. The molecule has 0 spiro atoms. The van der Waals surface area contributed by atoms with Gasteiger partial charge >= 0.3 is 0 Å². The molecule has 4 rings (SSSR count). The molecule has 2 atom stereocenters. The van der Waals surface area contributed by atoms with Crippen LogP contribution in [0, 0.1) is 0 Å². The lowest BCUT2D eigenvalue weighted by atomic mass is 10.1. The summed E-state index contributed by atoms with van der Waals surface area (Å²) in [7, 11) is 0. The lowest BCUT2D eigenvalue weighted by Crippen LogP contribution is -2.33. The first kappa shape index (κ1) is 13.2. The van der Waals surface area contributed by atoms with E-state index in [9.17, 15) is 4.79 Å². The monoisotopic (exact) mass is 291 g/mol. The minimum Gasteiger partial charge on any atom is -0.378 e. The van der Waals surface area contributed by atoms with Crippen LogP contribution < -0.4 is 0 Å². The van der Waals surface area contributed by atoms with Gasteiger partial charge in [-0.15, -0.1) is 0 Å². The van der Waals surface area contributed by atoms with Crippen molar-refractivity contribution in [3.63, 3.8) is 0 Å². The minimum absolute atomic E-state index is 0.00449. The van der Waals surface area contributed by atoms with E-state index in [0.717, 1.165) is 57.6 Å². The molecule has 2 saturated heterocycles. The standard InChI is InChI=1S/C15H21N3O3/c19-13(9-11-3-2-8-20-11)18-7-1-4-12(18)14-16-15(21-17-14)10-5-6-10/h10-12H,1-9H2/t11-,12-/m1/s1. The van der Waals surface area contributed by atoms with E-state index < -0.39 is 0 Å². The first-order chi connectivity index (χ1) is 10.3. The third-order valence-corrected chi connectivity index (χ3v) is 4.68. The first-order valence-corrected chi connectivity index (χ1v) is 8.06. The summed E-state index contributed by atoms with van der Waals surface area (Å²) >= 11 is 0. The van der Waals surface area contributed by atoms with Gasteiger partial charge in [0.15, 0.2) is 5.82 Å². The van der Waals surface area contributed by atoms with E-state index in [0.29, 0.717) is 18.2 Å². The number of amides is 1. The molecule has 3 fully saturated rings. The molecule has 3 heterocycles. The Hall–Kier alpha value is -1.43. The molecule has 6 nitrogen and oxygen atoms in total. The summed E-state index contributed by atoms with van der Waals surface area (Å²) < 4.78 is 10.9. The summed E-state index contributed by atoms with van der Waals surface area (Å²) in [4.78, 5) is 18.9. The summed E-state index contributed by atoms with van der Waals surface area (Å²) in [5.74, 6) is 2.07. The second kappa shape index (κ2) is 5.40. The van der Waals surface area contributed by atoms with Gasteiger partial charge in [-0.05, 0) is 38.5 Å². The maximum atomic E-state index is 12.5. The van der Waals surface area contributed by atoms with Crippen LogP contribution >= 0.6 is 0 Å². The molecular weight excluding hydrogens is 270 g/mol. The molecule has 0 unspecified atom stereocenters. The number of rotatable bonds is 4. The molecule has 2 aliphatic heterocycles. The molecule has 0 aromatic carbocycles. The molecular formula is C15H21N3O3. The van der Waals surface area contributed by atoms with Gasteiger partial charge in [-0.1, -0.05) is 5.16 Å². The molecule has 0 radical (unpaired) electrons. The summed E-state index contributed by atoms with van der Waals surface area (Å²) in [5, 5.41) is 4.11. The van der Waals surface area contributed by atoms with Crippen LogP contribution in [0.5, 0.6) is 0 Å². The molecule has 114 valence electrons. The highest BCUT2D eigenvalue weighted by Crippen LogP contribution is 2.40. The van der Waals surface area contributed by atoms with Crippen molar-refractivity contribution in [1.29, 1.82) is 0 Å². The number of carbonyl (C=O) groups excluding carboxylic acids is 1. The van der Waals surface area contributed by atoms with Gasteiger partial charge in [0.25, 0.3) is 0 Å². The van der Waals surface area contributed by atoms with Gasteiger partial charge in [0, 0.05) is 19.1 Å². The summed E-state index contributed by atoms with van der Waals surface area (Å²) in [5.41, 5.74) is 0. The van der Waals surface area contributed by atoms with E-state index in [2.05, 4.69) is 10.1 Å². The summed E-state index contributed by atoms with van der Waals surface area (Å²) in [6, 6.07) is -0.00449. The normalized spacial score (nSPS) is 29.2. The Morgan fingerprint density at radius 2 is 2.14 bits per heavy atom. The molecule has 21 heavy (non-hydrogen) atoms. The Labute approximate surface area is 123 Å². The Balaban J connectivity index is 1.44.